The van der Waals surface area contributed by atoms with Crippen molar-refractivity contribution < 1.29 is 75.1 Å². The van der Waals surface area contributed by atoms with Gasteiger partial charge in [-0.3, -0.25) is 0 Å². The van der Waals surface area contributed by atoms with Gasteiger partial charge in [-0.2, -0.15) is 0 Å². The molecule has 0 aromatic rings. The van der Waals surface area contributed by atoms with Crippen LogP contribution in [0.2, 0.25) is 0 Å². The van der Waals surface area contributed by atoms with E-state index >= 15 is 0 Å². The Bertz CT molecular complexity index is 1430. The van der Waals surface area contributed by atoms with Gasteiger partial charge in [0.2, 0.25) is 0 Å². The first-order chi connectivity index (χ1) is 26.5. The first-order valence-electron chi connectivity index (χ1n) is 21.1. The maximum Gasteiger partial charge on any atom is 0.187 e. The summed E-state index contributed by atoms with van der Waals surface area (Å²) in [5.41, 5.74) is -1.91. The topological polar surface area (TPSA) is 259 Å². The molecule has 0 amide bonds. The second-order valence-corrected chi connectivity index (χ2v) is 20.1. The predicted octanol–water partition coefficient (Wildman–Crippen LogP) is 0.0922. The summed E-state index contributed by atoms with van der Waals surface area (Å²) >= 11 is 0. The van der Waals surface area contributed by atoms with Crippen LogP contribution < -0.4 is 0 Å². The Kier molecular flexibility index (Phi) is 13.2. The average molecular weight is 817 g/mol. The Labute approximate surface area is 336 Å². The largest absolute Gasteiger partial charge is 0.394 e. The number of allylic oxidation sites excluding steroid dienone is 1. The van der Waals surface area contributed by atoms with Gasteiger partial charge < -0.3 is 75.1 Å². The van der Waals surface area contributed by atoms with Gasteiger partial charge in [-0.15, -0.1) is 0 Å². The zero-order chi connectivity index (χ0) is 42.2. The molecule has 0 aromatic heterocycles. The van der Waals surface area contributed by atoms with Gasteiger partial charge in [0.25, 0.3) is 0 Å². The molecule has 15 nitrogen and oxygen atoms in total. The van der Waals surface area contributed by atoms with Crippen molar-refractivity contribution in [3.63, 3.8) is 0 Å². The van der Waals surface area contributed by atoms with Crippen LogP contribution in [0.25, 0.3) is 0 Å². The van der Waals surface area contributed by atoms with E-state index in [1.54, 1.807) is 0 Å². The Balaban J connectivity index is 1.27. The van der Waals surface area contributed by atoms with Gasteiger partial charge in [0.15, 0.2) is 12.6 Å². The third-order valence-corrected chi connectivity index (χ3v) is 17.0. The van der Waals surface area contributed by atoms with Crippen molar-refractivity contribution >= 4 is 0 Å². The summed E-state index contributed by atoms with van der Waals surface area (Å²) in [6.07, 6.45) is -11.0. The number of hydrogen-bond donors (Lipinski definition) is 11. The highest BCUT2D eigenvalue weighted by atomic mass is 16.7. The fourth-order valence-electron chi connectivity index (χ4n) is 13.2. The molecule has 2 aliphatic heterocycles. The zero-order valence-corrected chi connectivity index (χ0v) is 34.7. The number of fused-ring (bicyclic) bond motifs is 5. The molecule has 6 rings (SSSR count). The molecule has 11 N–H and O–H groups in total. The van der Waals surface area contributed by atoms with Gasteiger partial charge in [-0.1, -0.05) is 46.3 Å². The van der Waals surface area contributed by atoms with Crippen LogP contribution in [0.4, 0.5) is 0 Å². The lowest BCUT2D eigenvalue weighted by atomic mass is 9.34. The van der Waals surface area contributed by atoms with Crippen LogP contribution in [0.5, 0.6) is 0 Å². The fraction of sp³-hybridized carbons (Fsp3) is 0.952. The minimum Gasteiger partial charge on any atom is -0.394 e. The van der Waals surface area contributed by atoms with E-state index in [4.69, 9.17) is 18.9 Å². The Hall–Kier alpha value is -0.860. The van der Waals surface area contributed by atoms with Crippen molar-refractivity contribution in [1.29, 1.82) is 0 Å². The molecule has 6 fully saturated rings. The molecule has 0 radical (unpaired) electrons. The average Bonchev–Trinajstić information content (AvgIpc) is 3.55. The van der Waals surface area contributed by atoms with Crippen LogP contribution in [0.15, 0.2) is 11.6 Å². The van der Waals surface area contributed by atoms with E-state index in [-0.39, 0.29) is 47.5 Å². The molecule has 6 aliphatic rings. The third-order valence-electron chi connectivity index (χ3n) is 17.0. The molecule has 0 bridgehead atoms. The Morgan fingerprint density at radius 3 is 1.95 bits per heavy atom. The van der Waals surface area contributed by atoms with Gasteiger partial charge in [0.1, 0.15) is 48.8 Å². The highest BCUT2D eigenvalue weighted by Crippen LogP contribution is 2.76. The summed E-state index contributed by atoms with van der Waals surface area (Å²) in [7, 11) is 0. The third kappa shape index (κ3) is 7.39. The van der Waals surface area contributed by atoms with Crippen molar-refractivity contribution in [2.45, 2.75) is 185 Å². The van der Waals surface area contributed by atoms with E-state index in [0.717, 1.165) is 24.8 Å². The summed E-state index contributed by atoms with van der Waals surface area (Å²) < 4.78 is 24.1. The second-order valence-electron chi connectivity index (χ2n) is 20.1. The molecule has 21 atom stereocenters. The van der Waals surface area contributed by atoms with Gasteiger partial charge in [0.05, 0.1) is 43.7 Å². The predicted molar refractivity (Wildman–Crippen MR) is 204 cm³/mol. The molecule has 0 spiro atoms. The minimum atomic E-state index is -1.73. The lowest BCUT2D eigenvalue weighted by molar-refractivity contribution is -0.350. The molecule has 57 heavy (non-hydrogen) atoms. The van der Waals surface area contributed by atoms with Gasteiger partial charge in [-0.05, 0) is 98.7 Å². The zero-order valence-electron chi connectivity index (χ0n) is 34.7. The molecule has 4 aliphatic carbocycles. The van der Waals surface area contributed by atoms with Gasteiger partial charge in [0, 0.05) is 11.8 Å². The summed E-state index contributed by atoms with van der Waals surface area (Å²) in [5, 5.41) is 119. The first-order valence-corrected chi connectivity index (χ1v) is 21.1. The monoisotopic (exact) mass is 816 g/mol. The summed E-state index contributed by atoms with van der Waals surface area (Å²) in [4.78, 5) is 0. The van der Waals surface area contributed by atoms with Crippen molar-refractivity contribution in [3.05, 3.63) is 11.6 Å². The molecule has 330 valence electrons. The summed E-state index contributed by atoms with van der Waals surface area (Å²) in [6.45, 7) is 13.4. The maximum absolute atomic E-state index is 12.4. The number of hydrogen-bond acceptors (Lipinski definition) is 15. The standard InChI is InChI=1S/C42H72O15/c1-20(17-43)9-8-12-41(6,57-37-35(53)33(51)31(49)24(56-37)19-54-36-34(52)32(50)30(48)23(18-44)55-36)21-10-13-40(5)29(21)22(45)15-26-39(40,4)14-11-25-38(2,3)27(46)16-28(47)42(25,26)7/h9,21-37,43-53H,8,10-19H2,1-7H3/b20-9+/t21?,22?,23-,24-,25?,26?,27?,28?,29?,30-,31-,32+,33+,34-,35-,36-,37+,39?,40?,41?,42?/m1/s1. The molecule has 4 saturated carbocycles. The maximum atomic E-state index is 12.4. The molecular formula is C42H72O15. The molecule has 2 saturated heterocycles. The van der Waals surface area contributed by atoms with E-state index in [0.29, 0.717) is 25.7 Å². The van der Waals surface area contributed by atoms with Crippen LogP contribution in [0.3, 0.4) is 0 Å². The van der Waals surface area contributed by atoms with Crippen LogP contribution in [-0.2, 0) is 18.9 Å². The normalized spacial score (nSPS) is 52.4. The molecule has 2 heterocycles. The van der Waals surface area contributed by atoms with Crippen LogP contribution in [-0.4, -0.2) is 161 Å². The first kappa shape index (κ1) is 45.7. The van der Waals surface area contributed by atoms with Crippen LogP contribution in [0, 0.1) is 45.3 Å². The van der Waals surface area contributed by atoms with E-state index in [1.807, 2.05) is 19.9 Å². The number of rotatable bonds is 11. The highest BCUT2D eigenvalue weighted by molar-refractivity contribution is 5.21. The minimum absolute atomic E-state index is 0.0209. The van der Waals surface area contributed by atoms with E-state index in [9.17, 15) is 56.2 Å². The Morgan fingerprint density at radius 2 is 1.32 bits per heavy atom. The van der Waals surface area contributed by atoms with Crippen molar-refractivity contribution in [2.24, 2.45) is 45.3 Å². The lowest BCUT2D eigenvalue weighted by Crippen LogP contribution is -2.70. The molecule has 11 unspecified atom stereocenters. The quantitative estimate of drug-likeness (QED) is 0.124. The smallest absolute Gasteiger partial charge is 0.187 e. The van der Waals surface area contributed by atoms with Gasteiger partial charge >= 0.3 is 0 Å². The summed E-state index contributed by atoms with van der Waals surface area (Å²) in [5.74, 6) is -0.479. The number of aliphatic hydroxyl groups is 11. The number of ether oxygens (including phenoxy) is 4. The van der Waals surface area contributed by atoms with Gasteiger partial charge in [-0.25, -0.2) is 0 Å². The fourth-order valence-corrected chi connectivity index (χ4v) is 13.2. The lowest BCUT2D eigenvalue weighted by Gasteiger charge is -2.71. The highest BCUT2D eigenvalue weighted by Gasteiger charge is 2.73. The molecule has 0 aromatic carbocycles. The SMILES string of the molecule is C/C(=C\CCC(C)(O[C@@H]1O[C@H](CO[C@@H]2O[C@H](CO)[C@@H](O)[C@H](O)[C@H]2O)[C@@H](O)[C@H](O)[C@H]1O)C1CCC2(C)C1C(O)CC1C3(C)C(O)CC(O)C(C)(C)C3CCC12C)CO. The van der Waals surface area contributed by atoms with Crippen LogP contribution >= 0.6 is 0 Å². The second kappa shape index (κ2) is 16.4. The van der Waals surface area contributed by atoms with E-state index in [2.05, 4.69) is 34.6 Å². The Morgan fingerprint density at radius 1 is 0.719 bits per heavy atom. The molecular weight excluding hydrogens is 744 g/mol. The van der Waals surface area contributed by atoms with Crippen LogP contribution in [0.1, 0.15) is 99.8 Å². The molecule has 15 heteroatoms. The van der Waals surface area contributed by atoms with E-state index < -0.39 is 109 Å². The van der Waals surface area contributed by atoms with Crippen molar-refractivity contribution in [1.82, 2.24) is 0 Å². The van der Waals surface area contributed by atoms with E-state index in [1.165, 1.54) is 0 Å². The van der Waals surface area contributed by atoms with Crippen molar-refractivity contribution in [2.75, 3.05) is 19.8 Å². The van der Waals surface area contributed by atoms with Crippen molar-refractivity contribution in [3.8, 4) is 0 Å². The summed E-state index contributed by atoms with van der Waals surface area (Å²) in [6, 6.07) is 0. The number of aliphatic hydroxyl groups excluding tert-OH is 11.